The largest absolute Gasteiger partial charge is 0.477 e. The van der Waals surface area contributed by atoms with Gasteiger partial charge >= 0.3 is 8.80 Å². The summed E-state index contributed by atoms with van der Waals surface area (Å²) < 4.78 is 11.8. The molecule has 0 aromatic heterocycles. The van der Waals surface area contributed by atoms with Gasteiger partial charge in [0.1, 0.15) is 0 Å². The lowest BCUT2D eigenvalue weighted by Crippen LogP contribution is -2.54. The molecule has 6 heteroatoms. The van der Waals surface area contributed by atoms with Gasteiger partial charge < -0.3 is 13.0 Å². The summed E-state index contributed by atoms with van der Waals surface area (Å²) in [5.41, 5.74) is 0. The third-order valence-electron chi connectivity index (χ3n) is 1.50. The molecule has 0 atom stereocenters. The molecule has 3 nitrogen and oxygen atoms in total. The van der Waals surface area contributed by atoms with Crippen molar-refractivity contribution >= 4 is 25.4 Å². The minimum atomic E-state index is -2.90. The summed E-state index contributed by atoms with van der Waals surface area (Å²) in [6.45, 7) is 14.6. The van der Waals surface area contributed by atoms with Crippen LogP contribution in [-0.2, 0) is 8.23 Å². The fourth-order valence-corrected chi connectivity index (χ4v) is 11.0. The van der Waals surface area contributed by atoms with E-state index in [0.717, 1.165) is 6.42 Å². The van der Waals surface area contributed by atoms with Crippen molar-refractivity contribution in [2.45, 2.75) is 58.7 Å². The van der Waals surface area contributed by atoms with Gasteiger partial charge in [-0.1, -0.05) is 13.3 Å². The quantitative estimate of drug-likeness (QED) is 0.751. The van der Waals surface area contributed by atoms with E-state index in [-0.39, 0.29) is 0 Å². The zero-order valence-electron chi connectivity index (χ0n) is 11.2. The first-order valence-corrected chi connectivity index (χ1v) is 14.4. The molecule has 1 N–H and O–H groups in total. The Labute approximate surface area is 97.4 Å². The Bertz CT molecular complexity index is 180. The predicted molar refractivity (Wildman–Crippen MR) is 71.9 cm³/mol. The predicted octanol–water partition coefficient (Wildman–Crippen LogP) is 3.03. The minimum Gasteiger partial charge on any atom is -0.416 e. The molecule has 0 spiro atoms. The lowest BCUT2D eigenvalue weighted by molar-refractivity contribution is 0.243. The van der Waals surface area contributed by atoms with E-state index in [2.05, 4.69) is 46.2 Å². The molecule has 15 heavy (non-hydrogen) atoms. The first-order chi connectivity index (χ1) is 6.47. The van der Waals surface area contributed by atoms with Crippen molar-refractivity contribution in [3.05, 3.63) is 0 Å². The molecule has 0 bridgehead atoms. The summed E-state index contributed by atoms with van der Waals surface area (Å²) >= 11 is 0. The molecule has 0 saturated carbocycles. The van der Waals surface area contributed by atoms with Crippen LogP contribution < -0.4 is 0 Å². The van der Waals surface area contributed by atoms with Crippen LogP contribution in [0.4, 0.5) is 0 Å². The lowest BCUT2D eigenvalue weighted by Gasteiger charge is -2.35. The Morgan fingerprint density at radius 1 is 0.867 bits per heavy atom. The van der Waals surface area contributed by atoms with Crippen LogP contribution in [0, 0.1) is 0 Å². The molecule has 0 aliphatic rings. The molecule has 0 aromatic carbocycles. The molecule has 0 fully saturated rings. The summed E-state index contributed by atoms with van der Waals surface area (Å²) in [5, 5.41) is 0. The van der Waals surface area contributed by atoms with Gasteiger partial charge in [-0.05, 0) is 39.3 Å². The topological polar surface area (TPSA) is 38.7 Å². The molecule has 0 aliphatic carbocycles. The Balaban J connectivity index is 4.59. The third kappa shape index (κ3) is 8.35. The number of rotatable bonds is 6. The molecule has 0 rings (SSSR count). The van der Waals surface area contributed by atoms with E-state index in [9.17, 15) is 4.80 Å². The van der Waals surface area contributed by atoms with Gasteiger partial charge in [0.2, 0.25) is 0 Å². The van der Waals surface area contributed by atoms with Crippen molar-refractivity contribution in [3.8, 4) is 0 Å². The fourth-order valence-electron chi connectivity index (χ4n) is 1.40. The zero-order valence-corrected chi connectivity index (χ0v) is 14.2. The van der Waals surface area contributed by atoms with E-state index in [1.54, 1.807) is 0 Å². The smallest absolute Gasteiger partial charge is 0.416 e. The molecule has 0 amide bonds. The van der Waals surface area contributed by atoms with Crippen LogP contribution >= 0.6 is 0 Å². The maximum Gasteiger partial charge on any atom is 0.477 e. The van der Waals surface area contributed by atoms with Crippen LogP contribution in [0.5, 0.6) is 0 Å². The highest BCUT2D eigenvalue weighted by molar-refractivity contribution is 6.85. The average Bonchev–Trinajstić information content (AvgIpc) is 1.74. The summed E-state index contributed by atoms with van der Waals surface area (Å²) in [4.78, 5) is 10.4. The molecular weight excluding hydrogens is 240 g/mol. The van der Waals surface area contributed by atoms with Crippen molar-refractivity contribution in [3.63, 3.8) is 0 Å². The normalized spacial score (nSPS) is 14.4. The van der Waals surface area contributed by atoms with E-state index < -0.39 is 25.4 Å². The van der Waals surface area contributed by atoms with E-state index in [1.807, 2.05) is 0 Å². The summed E-state index contributed by atoms with van der Waals surface area (Å²) in [6, 6.07) is 0.682. The van der Waals surface area contributed by atoms with Crippen molar-refractivity contribution in [2.24, 2.45) is 0 Å². The van der Waals surface area contributed by atoms with Crippen LogP contribution in [0.15, 0.2) is 0 Å². The van der Waals surface area contributed by atoms with E-state index in [4.69, 9.17) is 8.23 Å². The van der Waals surface area contributed by atoms with Gasteiger partial charge in [-0.15, -0.1) is 0 Å². The average molecular weight is 267 g/mol. The Morgan fingerprint density at radius 2 is 1.20 bits per heavy atom. The van der Waals surface area contributed by atoms with Crippen LogP contribution in [0.25, 0.3) is 0 Å². The van der Waals surface area contributed by atoms with E-state index in [0.29, 0.717) is 6.04 Å². The zero-order chi connectivity index (χ0) is 12.3. The molecule has 0 radical (unpaired) electrons. The summed E-state index contributed by atoms with van der Waals surface area (Å²) in [7, 11) is -6.34. The fraction of sp³-hybridized carbons (Fsp3) is 1.00. The molecule has 0 aromatic rings. The van der Waals surface area contributed by atoms with Gasteiger partial charge in [0.25, 0.3) is 0 Å². The van der Waals surface area contributed by atoms with Crippen molar-refractivity contribution < 1.29 is 13.0 Å². The van der Waals surface area contributed by atoms with Crippen LogP contribution in [0.2, 0.25) is 45.3 Å². The summed E-state index contributed by atoms with van der Waals surface area (Å²) in [6.07, 6.45) is 0.914. The third-order valence-corrected chi connectivity index (χ3v) is 10.1. The van der Waals surface area contributed by atoms with E-state index >= 15 is 0 Å². The van der Waals surface area contributed by atoms with E-state index in [1.165, 1.54) is 0 Å². The van der Waals surface area contributed by atoms with Gasteiger partial charge in [-0.3, -0.25) is 0 Å². The highest BCUT2D eigenvalue weighted by Crippen LogP contribution is 2.22. The van der Waals surface area contributed by atoms with Gasteiger partial charge in [0.15, 0.2) is 16.6 Å². The highest BCUT2D eigenvalue weighted by Gasteiger charge is 2.43. The number of hydrogen-bond donors (Lipinski definition) is 1. The first kappa shape index (κ1) is 15.5. The van der Waals surface area contributed by atoms with Gasteiger partial charge in [0, 0.05) is 6.04 Å². The SMILES string of the molecule is CCC[Si](O)(O[Si](C)(C)C)O[Si](C)(C)C. The maximum absolute atomic E-state index is 10.4. The molecular formula is C9H26O3Si3. The standard InChI is InChI=1S/C9H26O3Si3/c1-8-9-15(10,11-13(2,3)4)12-14(5,6)7/h10H,8-9H2,1-7H3. The summed E-state index contributed by atoms with van der Waals surface area (Å²) in [5.74, 6) is 0. The van der Waals surface area contributed by atoms with Gasteiger partial charge in [-0.25, -0.2) is 0 Å². The van der Waals surface area contributed by atoms with Gasteiger partial charge in [0.05, 0.1) is 0 Å². The molecule has 0 unspecified atom stereocenters. The Kier molecular flexibility index (Phi) is 5.43. The second-order valence-electron chi connectivity index (χ2n) is 5.89. The highest BCUT2D eigenvalue weighted by atomic mass is 28.5. The van der Waals surface area contributed by atoms with Crippen LogP contribution in [0.3, 0.4) is 0 Å². The maximum atomic E-state index is 10.4. The Morgan fingerprint density at radius 3 is 1.40 bits per heavy atom. The number of hydrogen-bond acceptors (Lipinski definition) is 3. The van der Waals surface area contributed by atoms with Gasteiger partial charge in [-0.2, -0.15) is 0 Å². The lowest BCUT2D eigenvalue weighted by atomic mass is 10.6. The monoisotopic (exact) mass is 266 g/mol. The Hall–Kier alpha value is 0.531. The van der Waals surface area contributed by atoms with Crippen LogP contribution in [-0.4, -0.2) is 30.2 Å². The second kappa shape index (κ2) is 5.24. The van der Waals surface area contributed by atoms with Crippen molar-refractivity contribution in [1.29, 1.82) is 0 Å². The first-order valence-electron chi connectivity index (χ1n) is 5.60. The molecule has 0 aliphatic heterocycles. The van der Waals surface area contributed by atoms with Crippen molar-refractivity contribution in [1.82, 2.24) is 0 Å². The minimum absolute atomic E-state index is 0.682. The van der Waals surface area contributed by atoms with Crippen molar-refractivity contribution in [2.75, 3.05) is 0 Å². The molecule has 0 heterocycles. The second-order valence-corrected chi connectivity index (χ2v) is 17.9. The molecule has 0 saturated heterocycles. The van der Waals surface area contributed by atoms with Crippen LogP contribution in [0.1, 0.15) is 13.3 Å². The molecule has 92 valence electrons.